The van der Waals surface area contributed by atoms with Gasteiger partial charge in [0.05, 0.1) is 11.3 Å². The Balaban J connectivity index is 1.36. The number of halogens is 3. The van der Waals surface area contributed by atoms with Gasteiger partial charge in [-0.3, -0.25) is 4.40 Å². The molecule has 5 rings (SSSR count). The molecule has 0 bridgehead atoms. The molecule has 152 valence electrons. The van der Waals surface area contributed by atoms with E-state index in [-0.39, 0.29) is 18.5 Å². The van der Waals surface area contributed by atoms with Crippen molar-refractivity contribution in [3.8, 4) is 0 Å². The first-order valence-electron chi connectivity index (χ1n) is 9.80. The lowest BCUT2D eigenvalue weighted by atomic mass is 9.84. The molecule has 2 fully saturated rings. The zero-order chi connectivity index (χ0) is 20.2. The van der Waals surface area contributed by atoms with Crippen LogP contribution in [0, 0.1) is 11.7 Å². The first-order valence-corrected chi connectivity index (χ1v) is 9.80. The highest BCUT2D eigenvalue weighted by molar-refractivity contribution is 5.58. The van der Waals surface area contributed by atoms with Gasteiger partial charge in [-0.15, -0.1) is 10.2 Å². The number of piperidine rings is 1. The molecule has 29 heavy (non-hydrogen) atoms. The molecule has 1 aliphatic carbocycles. The minimum absolute atomic E-state index is 0.0466. The topological polar surface area (TPSA) is 53.7 Å². The van der Waals surface area contributed by atoms with Crippen molar-refractivity contribution in [1.29, 1.82) is 0 Å². The SMILES string of the molecule is OC1(c2ccccc2)CCN(c2ccn3c(CC4CC4(F)F)nnc3c2F)CC1. The molecule has 3 heterocycles. The molecule has 0 radical (unpaired) electrons. The largest absolute Gasteiger partial charge is 0.385 e. The van der Waals surface area contributed by atoms with Crippen LogP contribution in [0.4, 0.5) is 18.9 Å². The van der Waals surface area contributed by atoms with E-state index < -0.39 is 23.3 Å². The molecule has 3 aromatic rings. The van der Waals surface area contributed by atoms with Gasteiger partial charge < -0.3 is 10.0 Å². The summed E-state index contributed by atoms with van der Waals surface area (Å²) >= 11 is 0. The predicted molar refractivity (Wildman–Crippen MR) is 101 cm³/mol. The molecule has 2 aromatic heterocycles. The van der Waals surface area contributed by atoms with E-state index in [0.29, 0.717) is 37.4 Å². The van der Waals surface area contributed by atoms with Crippen LogP contribution in [0.15, 0.2) is 42.6 Å². The summed E-state index contributed by atoms with van der Waals surface area (Å²) in [4.78, 5) is 1.89. The summed E-state index contributed by atoms with van der Waals surface area (Å²) < 4.78 is 43.0. The second-order valence-electron chi connectivity index (χ2n) is 8.08. The Morgan fingerprint density at radius 1 is 1.07 bits per heavy atom. The van der Waals surface area contributed by atoms with Crippen LogP contribution < -0.4 is 4.90 Å². The van der Waals surface area contributed by atoms with Crippen LogP contribution in [0.25, 0.3) is 5.65 Å². The fourth-order valence-electron chi connectivity index (χ4n) is 4.21. The Morgan fingerprint density at radius 2 is 1.76 bits per heavy atom. The Bertz CT molecular complexity index is 1040. The van der Waals surface area contributed by atoms with Crippen LogP contribution >= 0.6 is 0 Å². The number of aromatic nitrogens is 3. The Labute approximate surface area is 165 Å². The summed E-state index contributed by atoms with van der Waals surface area (Å²) in [5, 5.41) is 18.8. The van der Waals surface area contributed by atoms with Gasteiger partial charge in [-0.05, 0) is 24.5 Å². The number of hydrogen-bond acceptors (Lipinski definition) is 4. The highest BCUT2D eigenvalue weighted by atomic mass is 19.3. The van der Waals surface area contributed by atoms with Crippen molar-refractivity contribution in [2.45, 2.75) is 37.2 Å². The van der Waals surface area contributed by atoms with Crippen LogP contribution in [0.5, 0.6) is 0 Å². The first-order chi connectivity index (χ1) is 13.9. The third-order valence-corrected chi connectivity index (χ3v) is 6.20. The summed E-state index contributed by atoms with van der Waals surface area (Å²) in [6.45, 7) is 0.988. The predicted octanol–water partition coefficient (Wildman–Crippen LogP) is 3.55. The quantitative estimate of drug-likeness (QED) is 0.725. The van der Waals surface area contributed by atoms with Gasteiger partial charge in [-0.2, -0.15) is 0 Å². The van der Waals surface area contributed by atoms with Gasteiger partial charge in [-0.1, -0.05) is 30.3 Å². The maximum absolute atomic E-state index is 15.1. The molecule has 0 amide bonds. The van der Waals surface area contributed by atoms with Crippen LogP contribution in [-0.4, -0.2) is 38.7 Å². The van der Waals surface area contributed by atoms with Crippen molar-refractivity contribution in [2.75, 3.05) is 18.0 Å². The Morgan fingerprint density at radius 3 is 2.41 bits per heavy atom. The third kappa shape index (κ3) is 3.15. The van der Waals surface area contributed by atoms with Gasteiger partial charge in [0, 0.05) is 38.0 Å². The van der Waals surface area contributed by atoms with Gasteiger partial charge in [0.2, 0.25) is 0 Å². The smallest absolute Gasteiger partial charge is 0.252 e. The highest BCUT2D eigenvalue weighted by Gasteiger charge is 2.56. The van der Waals surface area contributed by atoms with Crippen LogP contribution in [-0.2, 0) is 12.0 Å². The third-order valence-electron chi connectivity index (χ3n) is 6.20. The molecule has 1 N–H and O–H groups in total. The average Bonchev–Trinajstić information content (AvgIpc) is 3.12. The number of hydrogen-bond donors (Lipinski definition) is 1. The average molecular weight is 402 g/mol. The number of anilines is 1. The van der Waals surface area contributed by atoms with Gasteiger partial charge in [0.1, 0.15) is 5.82 Å². The van der Waals surface area contributed by atoms with Crippen molar-refractivity contribution in [3.05, 3.63) is 59.8 Å². The number of alkyl halides is 2. The number of benzene rings is 1. The molecule has 1 saturated carbocycles. The van der Waals surface area contributed by atoms with Gasteiger partial charge >= 0.3 is 0 Å². The molecule has 1 atom stereocenters. The van der Waals surface area contributed by atoms with E-state index in [2.05, 4.69) is 10.2 Å². The number of nitrogens with zero attached hydrogens (tertiary/aromatic N) is 4. The molecule has 8 heteroatoms. The standard InChI is InChI=1S/C21H21F3N4O/c22-18-16(27-10-7-20(29,8-11-27)14-4-2-1-3-5-14)6-9-28-17(25-26-19(18)28)12-15-13-21(15,23)24/h1-6,9,15,29H,7-8,10-13H2. The molecule has 1 saturated heterocycles. The van der Waals surface area contributed by atoms with E-state index in [1.807, 2.05) is 35.2 Å². The zero-order valence-corrected chi connectivity index (χ0v) is 15.7. The van der Waals surface area contributed by atoms with Gasteiger partial charge in [0.25, 0.3) is 5.92 Å². The number of aliphatic hydroxyl groups is 1. The van der Waals surface area contributed by atoms with Crippen molar-refractivity contribution >= 4 is 11.3 Å². The van der Waals surface area contributed by atoms with Gasteiger partial charge in [0.15, 0.2) is 11.5 Å². The van der Waals surface area contributed by atoms with E-state index in [9.17, 15) is 13.9 Å². The zero-order valence-electron chi connectivity index (χ0n) is 15.7. The monoisotopic (exact) mass is 402 g/mol. The highest BCUT2D eigenvalue weighted by Crippen LogP contribution is 2.50. The fraction of sp³-hybridized carbons (Fsp3) is 0.429. The van der Waals surface area contributed by atoms with Crippen LogP contribution in [0.3, 0.4) is 0 Å². The fourth-order valence-corrected chi connectivity index (χ4v) is 4.21. The molecular formula is C21H21F3N4O. The number of pyridine rings is 1. The molecule has 0 spiro atoms. The van der Waals surface area contributed by atoms with Crippen LogP contribution in [0.1, 0.15) is 30.7 Å². The summed E-state index contributed by atoms with van der Waals surface area (Å²) in [7, 11) is 0. The van der Waals surface area contributed by atoms with Crippen molar-refractivity contribution < 1.29 is 18.3 Å². The van der Waals surface area contributed by atoms with Crippen LogP contribution in [0.2, 0.25) is 0 Å². The first kappa shape index (κ1) is 18.4. The number of rotatable bonds is 4. The maximum atomic E-state index is 15.1. The second kappa shape index (κ2) is 6.45. The molecule has 2 aliphatic rings. The summed E-state index contributed by atoms with van der Waals surface area (Å²) in [6.07, 6.45) is 2.54. The lowest BCUT2D eigenvalue weighted by Crippen LogP contribution is -2.43. The number of fused-ring (bicyclic) bond motifs is 1. The summed E-state index contributed by atoms with van der Waals surface area (Å²) in [6, 6.07) is 11.1. The summed E-state index contributed by atoms with van der Waals surface area (Å²) in [5.41, 5.74) is 0.388. The molecule has 1 aliphatic heterocycles. The normalized spacial score (nSPS) is 22.8. The van der Waals surface area contributed by atoms with Crippen molar-refractivity contribution in [2.24, 2.45) is 5.92 Å². The molecule has 1 unspecified atom stereocenters. The minimum Gasteiger partial charge on any atom is -0.385 e. The van der Waals surface area contributed by atoms with Crippen molar-refractivity contribution in [3.63, 3.8) is 0 Å². The van der Waals surface area contributed by atoms with E-state index in [4.69, 9.17) is 0 Å². The minimum atomic E-state index is -2.65. The molecule has 1 aromatic carbocycles. The Kier molecular flexibility index (Phi) is 4.10. The second-order valence-corrected chi connectivity index (χ2v) is 8.08. The van der Waals surface area contributed by atoms with E-state index in [1.54, 1.807) is 12.3 Å². The lowest BCUT2D eigenvalue weighted by Gasteiger charge is -2.39. The van der Waals surface area contributed by atoms with E-state index >= 15 is 4.39 Å². The molecular weight excluding hydrogens is 381 g/mol. The van der Waals surface area contributed by atoms with E-state index in [1.165, 1.54) is 4.40 Å². The van der Waals surface area contributed by atoms with E-state index in [0.717, 1.165) is 5.56 Å². The van der Waals surface area contributed by atoms with Crippen molar-refractivity contribution in [1.82, 2.24) is 14.6 Å². The lowest BCUT2D eigenvalue weighted by molar-refractivity contribution is 0.0117. The Hall–Kier alpha value is -2.61. The maximum Gasteiger partial charge on any atom is 0.252 e. The summed E-state index contributed by atoms with van der Waals surface area (Å²) in [5.74, 6) is -3.55. The molecule has 5 nitrogen and oxygen atoms in total. The van der Waals surface area contributed by atoms with Gasteiger partial charge in [-0.25, -0.2) is 13.2 Å².